The second-order valence-corrected chi connectivity index (χ2v) is 5.82. The zero-order valence-corrected chi connectivity index (χ0v) is 13.5. The monoisotopic (exact) mass is 381 g/mol. The van der Waals surface area contributed by atoms with Crippen molar-refractivity contribution in [3.05, 3.63) is 40.8 Å². The fraction of sp³-hybridized carbons (Fsp3) is 0.188. The van der Waals surface area contributed by atoms with E-state index in [9.17, 15) is 38.2 Å². The van der Waals surface area contributed by atoms with Crippen LogP contribution in [0.4, 0.5) is 18.0 Å². The zero-order chi connectivity index (χ0) is 20.3. The molecule has 1 aromatic heterocycles. The van der Waals surface area contributed by atoms with E-state index in [2.05, 4.69) is 0 Å². The SMILES string of the molecule is Cc1ccc2c(c1)c1c(n2C(=O)O)OC(N)=C(C#N)[C@@]1(C(=O)O)C(F)(F)F. The maximum Gasteiger partial charge on any atom is 0.418 e. The van der Waals surface area contributed by atoms with Gasteiger partial charge < -0.3 is 20.7 Å². The van der Waals surface area contributed by atoms with Crippen LogP contribution in [0.5, 0.6) is 5.88 Å². The van der Waals surface area contributed by atoms with Crippen molar-refractivity contribution in [2.75, 3.05) is 0 Å². The molecule has 0 fully saturated rings. The van der Waals surface area contributed by atoms with Crippen LogP contribution in [0.15, 0.2) is 29.7 Å². The number of halogens is 3. The number of nitriles is 1. The molecule has 27 heavy (non-hydrogen) atoms. The van der Waals surface area contributed by atoms with Gasteiger partial charge in [-0.3, -0.25) is 4.79 Å². The third-order valence-corrected chi connectivity index (χ3v) is 4.33. The fourth-order valence-electron chi connectivity index (χ4n) is 3.25. The summed E-state index contributed by atoms with van der Waals surface area (Å²) in [5.41, 5.74) is -0.658. The molecule has 0 radical (unpaired) electrons. The molecule has 1 aliphatic rings. The predicted octanol–water partition coefficient (Wildman–Crippen LogP) is 2.45. The summed E-state index contributed by atoms with van der Waals surface area (Å²) < 4.78 is 47.8. The first kappa shape index (κ1) is 18.1. The minimum atomic E-state index is -5.52. The molecule has 1 aromatic carbocycles. The molecule has 1 aliphatic heterocycles. The topological polar surface area (TPSA) is 139 Å². The van der Waals surface area contributed by atoms with Crippen LogP contribution in [0.2, 0.25) is 0 Å². The third kappa shape index (κ3) is 2.10. The Bertz CT molecular complexity index is 1090. The molecule has 0 spiro atoms. The molecule has 0 saturated heterocycles. The van der Waals surface area contributed by atoms with Crippen LogP contribution in [0.25, 0.3) is 10.9 Å². The average molecular weight is 381 g/mol. The Labute approximate surface area is 148 Å². The van der Waals surface area contributed by atoms with Gasteiger partial charge in [0.15, 0.2) is 0 Å². The van der Waals surface area contributed by atoms with E-state index in [4.69, 9.17) is 10.5 Å². The van der Waals surface area contributed by atoms with E-state index in [1.54, 1.807) is 0 Å². The highest BCUT2D eigenvalue weighted by atomic mass is 19.4. The number of alkyl halides is 3. The molecular formula is C16H10F3N3O5. The first-order chi connectivity index (χ1) is 12.5. The number of fused-ring (bicyclic) bond motifs is 3. The van der Waals surface area contributed by atoms with Gasteiger partial charge in [-0.15, -0.1) is 0 Å². The normalized spacial score (nSPS) is 19.4. The highest BCUT2D eigenvalue weighted by Crippen LogP contribution is 2.55. The summed E-state index contributed by atoms with van der Waals surface area (Å²) in [6.45, 7) is 1.53. The highest BCUT2D eigenvalue weighted by Gasteiger charge is 2.70. The summed E-state index contributed by atoms with van der Waals surface area (Å²) in [6.07, 6.45) is -7.23. The number of carboxylic acids is 1. The van der Waals surface area contributed by atoms with Crippen LogP contribution in [0.3, 0.4) is 0 Å². The minimum Gasteiger partial charge on any atom is -0.480 e. The van der Waals surface area contributed by atoms with Gasteiger partial charge in [-0.1, -0.05) is 11.6 Å². The smallest absolute Gasteiger partial charge is 0.418 e. The third-order valence-electron chi connectivity index (χ3n) is 4.33. The summed E-state index contributed by atoms with van der Waals surface area (Å²) in [6, 6.07) is 5.00. The van der Waals surface area contributed by atoms with Gasteiger partial charge >= 0.3 is 18.2 Å². The van der Waals surface area contributed by atoms with Crippen molar-refractivity contribution in [2.45, 2.75) is 18.5 Å². The average Bonchev–Trinajstić information content (AvgIpc) is 2.85. The lowest BCUT2D eigenvalue weighted by atomic mass is 9.72. The van der Waals surface area contributed by atoms with Gasteiger partial charge in [0.1, 0.15) is 11.6 Å². The number of aromatic nitrogens is 1. The van der Waals surface area contributed by atoms with E-state index in [1.807, 2.05) is 0 Å². The Morgan fingerprint density at radius 2 is 1.96 bits per heavy atom. The second-order valence-electron chi connectivity index (χ2n) is 5.82. The van der Waals surface area contributed by atoms with Crippen molar-refractivity contribution < 1.29 is 37.7 Å². The largest absolute Gasteiger partial charge is 0.480 e. The fourth-order valence-corrected chi connectivity index (χ4v) is 3.25. The lowest BCUT2D eigenvalue weighted by Gasteiger charge is -2.35. The first-order valence-electron chi connectivity index (χ1n) is 7.25. The van der Waals surface area contributed by atoms with Crippen molar-refractivity contribution >= 4 is 23.0 Å². The standard InChI is InChI=1S/C16H10F3N3O5/c1-6-2-3-9-7(4-6)10-12(22(9)14(25)26)27-11(21)8(5-20)15(10,13(23)24)16(17,18)19/h2-4H,21H2,1H3,(H,23,24)(H,25,26)/t15-/m1/s1. The van der Waals surface area contributed by atoms with Gasteiger partial charge in [-0.2, -0.15) is 18.4 Å². The maximum absolute atomic E-state index is 14.1. The summed E-state index contributed by atoms with van der Waals surface area (Å²) in [5.74, 6) is -4.48. The minimum absolute atomic E-state index is 0.236. The highest BCUT2D eigenvalue weighted by molar-refractivity contribution is 6.03. The Hall–Kier alpha value is -3.68. The van der Waals surface area contributed by atoms with E-state index < -0.39 is 46.6 Å². The van der Waals surface area contributed by atoms with Gasteiger partial charge in [0.2, 0.25) is 17.2 Å². The predicted molar refractivity (Wildman–Crippen MR) is 82.9 cm³/mol. The number of aliphatic carboxylic acids is 1. The number of benzene rings is 1. The quantitative estimate of drug-likeness (QED) is 0.689. The Balaban J connectivity index is 2.67. The van der Waals surface area contributed by atoms with E-state index in [0.29, 0.717) is 10.1 Å². The van der Waals surface area contributed by atoms with Crippen LogP contribution in [-0.4, -0.2) is 33.0 Å². The van der Waals surface area contributed by atoms with Crippen molar-refractivity contribution in [3.8, 4) is 11.9 Å². The van der Waals surface area contributed by atoms with Crippen molar-refractivity contribution in [3.63, 3.8) is 0 Å². The molecule has 2 heterocycles. The van der Waals surface area contributed by atoms with Crippen LogP contribution in [-0.2, 0) is 10.2 Å². The van der Waals surface area contributed by atoms with Gasteiger partial charge in [-0.05, 0) is 19.1 Å². The van der Waals surface area contributed by atoms with Gasteiger partial charge in [0.05, 0.1) is 11.1 Å². The number of ether oxygens (including phenoxy) is 1. The maximum atomic E-state index is 14.1. The summed E-state index contributed by atoms with van der Waals surface area (Å²) in [4.78, 5) is 23.6. The molecular weight excluding hydrogens is 371 g/mol. The molecule has 0 amide bonds. The van der Waals surface area contributed by atoms with Crippen LogP contribution in [0.1, 0.15) is 11.1 Å². The molecule has 0 saturated carbocycles. The van der Waals surface area contributed by atoms with E-state index in [1.165, 1.54) is 25.1 Å². The van der Waals surface area contributed by atoms with Crippen LogP contribution >= 0.6 is 0 Å². The van der Waals surface area contributed by atoms with Crippen LogP contribution < -0.4 is 10.5 Å². The molecule has 0 aliphatic carbocycles. The summed E-state index contributed by atoms with van der Waals surface area (Å²) in [5, 5.41) is 27.9. The number of nitrogens with two attached hydrogens (primary N) is 1. The Kier molecular flexibility index (Phi) is 3.63. The molecule has 0 bridgehead atoms. The number of rotatable bonds is 1. The van der Waals surface area contributed by atoms with Gasteiger partial charge in [0.25, 0.3) is 0 Å². The molecule has 1 atom stereocenters. The van der Waals surface area contributed by atoms with Crippen molar-refractivity contribution in [1.82, 2.24) is 4.57 Å². The Morgan fingerprint density at radius 3 is 2.44 bits per heavy atom. The number of aryl methyl sites for hydroxylation is 1. The molecule has 3 rings (SSSR count). The summed E-state index contributed by atoms with van der Waals surface area (Å²) in [7, 11) is 0. The molecule has 2 aromatic rings. The molecule has 11 heteroatoms. The number of carboxylic acid groups (broad SMARTS) is 2. The zero-order valence-electron chi connectivity index (χ0n) is 13.5. The Morgan fingerprint density at radius 1 is 1.33 bits per heavy atom. The second kappa shape index (κ2) is 5.41. The molecule has 8 nitrogen and oxygen atoms in total. The van der Waals surface area contributed by atoms with Crippen molar-refractivity contribution in [1.29, 1.82) is 5.26 Å². The van der Waals surface area contributed by atoms with E-state index in [0.717, 1.165) is 6.07 Å². The van der Waals surface area contributed by atoms with Gasteiger partial charge in [0, 0.05) is 5.39 Å². The molecule has 4 N–H and O–H groups in total. The number of hydrogen-bond donors (Lipinski definition) is 3. The lowest BCUT2D eigenvalue weighted by molar-refractivity contribution is -0.197. The summed E-state index contributed by atoms with van der Waals surface area (Å²) >= 11 is 0. The molecule has 0 unspecified atom stereocenters. The lowest BCUT2D eigenvalue weighted by Crippen LogP contribution is -2.53. The van der Waals surface area contributed by atoms with E-state index in [-0.39, 0.29) is 10.9 Å². The molecule has 140 valence electrons. The van der Waals surface area contributed by atoms with E-state index >= 15 is 0 Å². The first-order valence-corrected chi connectivity index (χ1v) is 7.25. The van der Waals surface area contributed by atoms with Crippen molar-refractivity contribution in [2.24, 2.45) is 5.73 Å². The van der Waals surface area contributed by atoms with Gasteiger partial charge in [-0.25, -0.2) is 9.36 Å². The van der Waals surface area contributed by atoms with Crippen LogP contribution in [0, 0.1) is 18.3 Å². The number of carbonyl (C=O) groups is 2. The number of hydrogen-bond acceptors (Lipinski definition) is 5. The number of nitrogens with zero attached hydrogens (tertiary/aromatic N) is 2.